The molecule has 2 aromatic heterocycles. The lowest BCUT2D eigenvalue weighted by atomic mass is 10.1. The number of amides is 1. The molecule has 1 saturated heterocycles. The van der Waals surface area contributed by atoms with Crippen molar-refractivity contribution in [2.45, 2.75) is 32.2 Å². The van der Waals surface area contributed by atoms with Gasteiger partial charge in [-0.2, -0.15) is 0 Å². The predicted molar refractivity (Wildman–Crippen MR) is 110 cm³/mol. The smallest absolute Gasteiger partial charge is 0.236 e. The lowest BCUT2D eigenvalue weighted by molar-refractivity contribution is -0.132. The summed E-state index contributed by atoms with van der Waals surface area (Å²) >= 11 is 1.53. The average molecular weight is 426 g/mol. The van der Waals surface area contributed by atoms with Crippen LogP contribution < -0.4 is 0 Å². The van der Waals surface area contributed by atoms with Gasteiger partial charge in [-0.1, -0.05) is 6.07 Å². The minimum absolute atomic E-state index is 0.0545. The maximum absolute atomic E-state index is 13.1. The molecule has 1 unspecified atom stereocenters. The molecular formula is C19H27N3O4S2. The fourth-order valence-electron chi connectivity index (χ4n) is 3.43. The first kappa shape index (κ1) is 21.0. The number of rotatable bonds is 8. The number of aryl methyl sites for hydroxylation is 1. The second-order valence-electron chi connectivity index (χ2n) is 7.48. The van der Waals surface area contributed by atoms with Gasteiger partial charge in [0, 0.05) is 12.6 Å². The fraction of sp³-hybridized carbons (Fsp3) is 0.579. The Morgan fingerprint density at radius 2 is 2.14 bits per heavy atom. The van der Waals surface area contributed by atoms with E-state index in [4.69, 9.17) is 4.42 Å². The van der Waals surface area contributed by atoms with E-state index in [1.54, 1.807) is 4.90 Å². The van der Waals surface area contributed by atoms with Gasteiger partial charge in [-0.05, 0) is 51.9 Å². The summed E-state index contributed by atoms with van der Waals surface area (Å²) in [6.45, 7) is 3.20. The number of aromatic nitrogens is 1. The van der Waals surface area contributed by atoms with Crippen LogP contribution in [-0.4, -0.2) is 73.8 Å². The molecule has 1 fully saturated rings. The van der Waals surface area contributed by atoms with Gasteiger partial charge in [0.1, 0.15) is 5.76 Å². The fourth-order valence-corrected chi connectivity index (χ4v) is 5.81. The molecule has 1 aliphatic rings. The Kier molecular flexibility index (Phi) is 6.57. The summed E-state index contributed by atoms with van der Waals surface area (Å²) in [7, 11) is 0.907. The van der Waals surface area contributed by atoms with Crippen LogP contribution in [0.2, 0.25) is 0 Å². The zero-order valence-electron chi connectivity index (χ0n) is 16.6. The van der Waals surface area contributed by atoms with Crippen molar-refractivity contribution in [2.24, 2.45) is 0 Å². The van der Waals surface area contributed by atoms with E-state index in [1.165, 1.54) is 11.3 Å². The standard InChI is InChI=1S/C19H27N3O4S2/c1-14-16(20-19(26-14)17-6-4-10-27-17)12-18(23)22(9-5-8-21(2)3)15-7-11-28(24,25)13-15/h4,6,10,15H,5,7-9,11-13H2,1-3H3. The van der Waals surface area contributed by atoms with Crippen LogP contribution in [0, 0.1) is 6.92 Å². The number of thiophene rings is 1. The Morgan fingerprint density at radius 1 is 1.36 bits per heavy atom. The van der Waals surface area contributed by atoms with Gasteiger partial charge >= 0.3 is 0 Å². The largest absolute Gasteiger partial charge is 0.440 e. The number of carbonyl (C=O) groups excluding carboxylic acids is 1. The van der Waals surface area contributed by atoms with Crippen molar-refractivity contribution in [2.75, 3.05) is 38.7 Å². The normalized spacial score (nSPS) is 18.6. The first-order valence-corrected chi connectivity index (χ1v) is 12.1. The molecule has 28 heavy (non-hydrogen) atoms. The lowest BCUT2D eigenvalue weighted by Gasteiger charge is -2.28. The highest BCUT2D eigenvalue weighted by Crippen LogP contribution is 2.27. The second-order valence-corrected chi connectivity index (χ2v) is 10.7. The Balaban J connectivity index is 1.73. The molecule has 7 nitrogen and oxygen atoms in total. The summed E-state index contributed by atoms with van der Waals surface area (Å²) in [5.41, 5.74) is 0.617. The molecular weight excluding hydrogens is 398 g/mol. The number of oxazole rings is 1. The third-order valence-electron chi connectivity index (χ3n) is 4.92. The van der Waals surface area contributed by atoms with Crippen LogP contribution in [0.1, 0.15) is 24.3 Å². The highest BCUT2D eigenvalue weighted by molar-refractivity contribution is 7.91. The third kappa shape index (κ3) is 5.21. The van der Waals surface area contributed by atoms with Crippen molar-refractivity contribution < 1.29 is 17.6 Å². The van der Waals surface area contributed by atoms with E-state index in [0.29, 0.717) is 30.3 Å². The summed E-state index contributed by atoms with van der Waals surface area (Å²) in [5, 5.41) is 1.95. The highest BCUT2D eigenvalue weighted by Gasteiger charge is 2.34. The number of nitrogens with zero attached hydrogens (tertiary/aromatic N) is 3. The maximum Gasteiger partial charge on any atom is 0.236 e. The quantitative estimate of drug-likeness (QED) is 0.645. The van der Waals surface area contributed by atoms with Gasteiger partial charge in [-0.15, -0.1) is 11.3 Å². The number of hydrogen-bond acceptors (Lipinski definition) is 7. The molecule has 1 atom stereocenters. The monoisotopic (exact) mass is 425 g/mol. The van der Waals surface area contributed by atoms with Crippen molar-refractivity contribution in [1.29, 1.82) is 0 Å². The molecule has 3 rings (SSSR count). The average Bonchev–Trinajstić information content (AvgIpc) is 3.32. The van der Waals surface area contributed by atoms with Crippen molar-refractivity contribution in [3.8, 4) is 10.8 Å². The number of hydrogen-bond donors (Lipinski definition) is 0. The van der Waals surface area contributed by atoms with E-state index in [2.05, 4.69) is 9.88 Å². The first-order chi connectivity index (χ1) is 13.2. The maximum atomic E-state index is 13.1. The zero-order chi connectivity index (χ0) is 20.3. The molecule has 154 valence electrons. The minimum Gasteiger partial charge on any atom is -0.440 e. The van der Waals surface area contributed by atoms with E-state index >= 15 is 0 Å². The van der Waals surface area contributed by atoms with E-state index < -0.39 is 9.84 Å². The van der Waals surface area contributed by atoms with Gasteiger partial charge in [-0.25, -0.2) is 13.4 Å². The predicted octanol–water partition coefficient (Wildman–Crippen LogP) is 2.22. The molecule has 0 radical (unpaired) electrons. The lowest BCUT2D eigenvalue weighted by Crippen LogP contribution is -2.43. The molecule has 1 amide bonds. The van der Waals surface area contributed by atoms with Crippen LogP contribution in [0.25, 0.3) is 10.8 Å². The Hall–Kier alpha value is -1.71. The highest BCUT2D eigenvalue weighted by atomic mass is 32.2. The topological polar surface area (TPSA) is 83.7 Å². The second kappa shape index (κ2) is 8.75. The van der Waals surface area contributed by atoms with Gasteiger partial charge in [0.05, 0.1) is 28.5 Å². The molecule has 3 heterocycles. The van der Waals surface area contributed by atoms with Gasteiger partial charge < -0.3 is 14.2 Å². The minimum atomic E-state index is -3.06. The Bertz CT molecular complexity index is 904. The van der Waals surface area contributed by atoms with E-state index in [0.717, 1.165) is 17.8 Å². The van der Waals surface area contributed by atoms with Crippen molar-refractivity contribution in [3.63, 3.8) is 0 Å². The molecule has 1 aliphatic heterocycles. The molecule has 0 aromatic carbocycles. The summed E-state index contributed by atoms with van der Waals surface area (Å²) in [4.78, 5) is 22.3. The summed E-state index contributed by atoms with van der Waals surface area (Å²) in [6.07, 6.45) is 1.43. The van der Waals surface area contributed by atoms with Crippen LogP contribution in [0.5, 0.6) is 0 Å². The SMILES string of the molecule is Cc1oc(-c2cccs2)nc1CC(=O)N(CCCN(C)C)C1CCS(=O)(=O)C1. The summed E-state index contributed by atoms with van der Waals surface area (Å²) < 4.78 is 29.6. The van der Waals surface area contributed by atoms with Gasteiger partial charge in [-0.3, -0.25) is 4.79 Å². The Morgan fingerprint density at radius 3 is 2.75 bits per heavy atom. The van der Waals surface area contributed by atoms with E-state index in [-0.39, 0.29) is 29.9 Å². The number of sulfone groups is 1. The van der Waals surface area contributed by atoms with Crippen LogP contribution >= 0.6 is 11.3 Å². The molecule has 0 N–H and O–H groups in total. The van der Waals surface area contributed by atoms with Crippen molar-refractivity contribution in [1.82, 2.24) is 14.8 Å². The van der Waals surface area contributed by atoms with E-state index in [9.17, 15) is 13.2 Å². The van der Waals surface area contributed by atoms with Gasteiger partial charge in [0.25, 0.3) is 0 Å². The van der Waals surface area contributed by atoms with Crippen LogP contribution in [0.15, 0.2) is 21.9 Å². The Labute approximate surface area is 170 Å². The zero-order valence-corrected chi connectivity index (χ0v) is 18.2. The molecule has 0 saturated carbocycles. The van der Waals surface area contributed by atoms with Crippen molar-refractivity contribution in [3.05, 3.63) is 29.0 Å². The third-order valence-corrected chi connectivity index (χ3v) is 7.53. The first-order valence-electron chi connectivity index (χ1n) is 9.40. The van der Waals surface area contributed by atoms with Gasteiger partial charge in [0.2, 0.25) is 11.8 Å². The van der Waals surface area contributed by atoms with E-state index in [1.807, 2.05) is 38.5 Å². The van der Waals surface area contributed by atoms with Gasteiger partial charge in [0.15, 0.2) is 9.84 Å². The summed E-state index contributed by atoms with van der Waals surface area (Å²) in [6, 6.07) is 3.61. The summed E-state index contributed by atoms with van der Waals surface area (Å²) in [5.74, 6) is 1.27. The molecule has 2 aromatic rings. The van der Waals surface area contributed by atoms with Crippen LogP contribution in [0.4, 0.5) is 0 Å². The number of carbonyl (C=O) groups is 1. The molecule has 0 spiro atoms. The van der Waals surface area contributed by atoms with Crippen molar-refractivity contribution >= 4 is 27.1 Å². The molecule has 0 aliphatic carbocycles. The molecule has 9 heteroatoms. The molecule has 0 bridgehead atoms. The van der Waals surface area contributed by atoms with Crippen LogP contribution in [0.3, 0.4) is 0 Å². The van der Waals surface area contributed by atoms with Crippen LogP contribution in [-0.2, 0) is 21.1 Å².